The van der Waals surface area contributed by atoms with Crippen molar-refractivity contribution < 1.29 is 17.6 Å². The number of carbonyl (C=O) groups is 1. The number of carbonyl (C=O) groups excluding carboxylic acids is 1. The lowest BCUT2D eigenvalue weighted by Gasteiger charge is -2.30. The van der Waals surface area contributed by atoms with Gasteiger partial charge in [0, 0.05) is 17.5 Å². The molecular formula is C23H28FN7O3S. The fourth-order valence-corrected chi connectivity index (χ4v) is 4.72. The minimum absolute atomic E-state index is 0.0233. The second-order valence-corrected chi connectivity index (χ2v) is 10.5. The van der Waals surface area contributed by atoms with Crippen LogP contribution >= 0.6 is 0 Å². The van der Waals surface area contributed by atoms with Crippen LogP contribution in [-0.2, 0) is 10.0 Å². The van der Waals surface area contributed by atoms with E-state index < -0.39 is 21.7 Å². The molecule has 1 saturated carbocycles. The van der Waals surface area contributed by atoms with Crippen LogP contribution in [0, 0.1) is 5.82 Å². The number of hydrogen-bond acceptors (Lipinski definition) is 8. The number of amides is 1. The maximum absolute atomic E-state index is 14.8. The molecule has 35 heavy (non-hydrogen) atoms. The molecule has 0 bridgehead atoms. The van der Waals surface area contributed by atoms with Crippen LogP contribution in [0.1, 0.15) is 43.0 Å². The molecule has 186 valence electrons. The van der Waals surface area contributed by atoms with Crippen LogP contribution in [0.15, 0.2) is 36.5 Å². The molecule has 0 aliphatic heterocycles. The van der Waals surface area contributed by atoms with Gasteiger partial charge in [0.15, 0.2) is 11.6 Å². The molecule has 12 heteroatoms. The van der Waals surface area contributed by atoms with Gasteiger partial charge < -0.3 is 22.1 Å². The van der Waals surface area contributed by atoms with E-state index in [1.807, 2.05) is 0 Å². The van der Waals surface area contributed by atoms with Gasteiger partial charge in [-0.1, -0.05) is 25.0 Å². The number of benzene rings is 1. The first kappa shape index (κ1) is 24.6. The lowest BCUT2D eigenvalue weighted by atomic mass is 9.91. The molecule has 1 aliphatic carbocycles. The molecule has 2 heterocycles. The average Bonchev–Trinajstić information content (AvgIpc) is 2.82. The summed E-state index contributed by atoms with van der Waals surface area (Å²) in [7, 11) is -3.48. The van der Waals surface area contributed by atoms with Gasteiger partial charge in [-0.3, -0.25) is 14.5 Å². The summed E-state index contributed by atoms with van der Waals surface area (Å²) < 4.78 is 41.3. The number of nitrogens with zero attached hydrogens (tertiary/aromatic N) is 2. The third-order valence-electron chi connectivity index (χ3n) is 6.00. The summed E-state index contributed by atoms with van der Waals surface area (Å²) in [5.41, 5.74) is 12.8. The zero-order chi connectivity index (χ0) is 25.2. The lowest BCUT2D eigenvalue weighted by Crippen LogP contribution is -2.43. The number of rotatable bonds is 8. The van der Waals surface area contributed by atoms with E-state index in [9.17, 15) is 17.6 Å². The Morgan fingerprint density at radius 1 is 1.20 bits per heavy atom. The summed E-state index contributed by atoms with van der Waals surface area (Å²) in [5.74, 6) is -1.58. The van der Waals surface area contributed by atoms with E-state index in [1.54, 1.807) is 31.2 Å². The smallest absolute Gasteiger partial charge is 0.252 e. The number of hydrogen-bond donors (Lipinski definition) is 5. The SMILES string of the molecule is CCS(=O)(=O)Nc1cccc2cc(Nc3nc(N[C@@H]4CCCC[C@@H]4N)c(F)cc3C(N)=O)cnc12. The van der Waals surface area contributed by atoms with Gasteiger partial charge in [-0.25, -0.2) is 17.8 Å². The van der Waals surface area contributed by atoms with Crippen LogP contribution in [0.2, 0.25) is 0 Å². The fraction of sp³-hybridized carbons (Fsp3) is 0.348. The van der Waals surface area contributed by atoms with Gasteiger partial charge in [0.2, 0.25) is 10.0 Å². The molecule has 3 aromatic rings. The highest BCUT2D eigenvalue weighted by atomic mass is 32.2. The van der Waals surface area contributed by atoms with Gasteiger partial charge in [0.25, 0.3) is 5.91 Å². The van der Waals surface area contributed by atoms with E-state index in [2.05, 4.69) is 25.3 Å². The lowest BCUT2D eigenvalue weighted by molar-refractivity contribution is 0.100. The molecule has 1 fully saturated rings. The van der Waals surface area contributed by atoms with E-state index in [4.69, 9.17) is 11.5 Å². The van der Waals surface area contributed by atoms with Crippen molar-refractivity contribution in [2.45, 2.75) is 44.7 Å². The van der Waals surface area contributed by atoms with Crippen LogP contribution in [0.25, 0.3) is 10.9 Å². The van der Waals surface area contributed by atoms with E-state index in [-0.39, 0.29) is 35.0 Å². The molecule has 10 nitrogen and oxygen atoms in total. The van der Waals surface area contributed by atoms with Crippen LogP contribution in [0.4, 0.5) is 27.4 Å². The number of sulfonamides is 1. The fourth-order valence-electron chi connectivity index (χ4n) is 4.08. The van der Waals surface area contributed by atoms with Gasteiger partial charge in [0.1, 0.15) is 5.82 Å². The van der Waals surface area contributed by atoms with E-state index in [1.165, 1.54) is 6.20 Å². The van der Waals surface area contributed by atoms with Gasteiger partial charge >= 0.3 is 0 Å². The Kier molecular flexibility index (Phi) is 7.03. The summed E-state index contributed by atoms with van der Waals surface area (Å²) in [6, 6.07) is 7.58. The van der Waals surface area contributed by atoms with Gasteiger partial charge in [-0.15, -0.1) is 0 Å². The number of fused-ring (bicyclic) bond motifs is 1. The largest absolute Gasteiger partial charge is 0.365 e. The standard InChI is InChI=1S/C23H28FN7O3S/c1-2-35(33,34)31-19-9-5-6-13-10-14(12-27-20(13)19)28-22-15(21(26)32)11-16(24)23(30-22)29-18-8-4-3-7-17(18)25/h5-6,9-12,17-18,31H,2-4,7-8,25H2,1H3,(H2,26,32)(H2,28,29,30)/t17-,18+/m0/s1. The van der Waals surface area contributed by atoms with Gasteiger partial charge in [-0.05, 0) is 38.0 Å². The normalized spacial score (nSPS) is 18.3. The maximum Gasteiger partial charge on any atom is 0.252 e. The number of nitrogens with two attached hydrogens (primary N) is 2. The highest BCUT2D eigenvalue weighted by Gasteiger charge is 2.24. The van der Waals surface area contributed by atoms with Crippen molar-refractivity contribution >= 4 is 49.8 Å². The predicted octanol–water partition coefficient (Wildman–Crippen LogP) is 3.05. The number of aromatic nitrogens is 2. The minimum Gasteiger partial charge on any atom is -0.365 e. The Balaban J connectivity index is 1.66. The first-order chi connectivity index (χ1) is 16.7. The number of pyridine rings is 2. The Labute approximate surface area is 202 Å². The molecule has 1 aliphatic rings. The molecule has 7 N–H and O–H groups in total. The van der Waals surface area contributed by atoms with Crippen molar-refractivity contribution in [3.05, 3.63) is 47.9 Å². The third kappa shape index (κ3) is 5.60. The monoisotopic (exact) mass is 501 g/mol. The number of halogens is 1. The zero-order valence-electron chi connectivity index (χ0n) is 19.2. The summed E-state index contributed by atoms with van der Waals surface area (Å²) in [6.45, 7) is 1.54. The molecule has 0 radical (unpaired) electrons. The van der Waals surface area contributed by atoms with Crippen LogP contribution in [-0.4, -0.2) is 42.1 Å². The van der Waals surface area contributed by atoms with Crippen molar-refractivity contribution in [3.8, 4) is 0 Å². The van der Waals surface area contributed by atoms with Gasteiger partial charge in [0.05, 0.1) is 34.4 Å². The Hall–Kier alpha value is -3.51. The zero-order valence-corrected chi connectivity index (χ0v) is 20.0. The van der Waals surface area contributed by atoms with E-state index in [0.29, 0.717) is 22.3 Å². The number of anilines is 4. The molecule has 0 spiro atoms. The minimum atomic E-state index is -3.48. The Morgan fingerprint density at radius 3 is 2.69 bits per heavy atom. The van der Waals surface area contributed by atoms with E-state index in [0.717, 1.165) is 31.7 Å². The van der Waals surface area contributed by atoms with E-state index >= 15 is 0 Å². The molecule has 2 aromatic heterocycles. The molecule has 1 amide bonds. The number of para-hydroxylation sites is 1. The first-order valence-corrected chi connectivity index (χ1v) is 13.0. The summed E-state index contributed by atoms with van der Waals surface area (Å²) >= 11 is 0. The number of nitrogens with one attached hydrogen (secondary N) is 3. The second kappa shape index (κ2) is 10.0. The molecule has 4 rings (SSSR count). The molecular weight excluding hydrogens is 473 g/mol. The van der Waals surface area contributed by atoms with Crippen molar-refractivity contribution in [2.24, 2.45) is 11.5 Å². The highest BCUT2D eigenvalue weighted by Crippen LogP contribution is 2.29. The molecule has 1 aromatic carbocycles. The highest BCUT2D eigenvalue weighted by molar-refractivity contribution is 7.92. The molecule has 2 atom stereocenters. The Morgan fingerprint density at radius 2 is 1.97 bits per heavy atom. The quantitative estimate of drug-likeness (QED) is 0.314. The first-order valence-electron chi connectivity index (χ1n) is 11.4. The van der Waals surface area contributed by atoms with Crippen molar-refractivity contribution in [2.75, 3.05) is 21.1 Å². The number of primary amides is 1. The van der Waals surface area contributed by atoms with Crippen LogP contribution < -0.4 is 26.8 Å². The van der Waals surface area contributed by atoms with Crippen molar-refractivity contribution in [1.82, 2.24) is 9.97 Å². The topological polar surface area (TPSA) is 165 Å². The Bertz CT molecular complexity index is 1370. The summed E-state index contributed by atoms with van der Waals surface area (Å²) in [6.07, 6.45) is 5.10. The predicted molar refractivity (Wildman–Crippen MR) is 135 cm³/mol. The van der Waals surface area contributed by atoms with Crippen LogP contribution in [0.3, 0.4) is 0 Å². The van der Waals surface area contributed by atoms with Crippen molar-refractivity contribution in [3.63, 3.8) is 0 Å². The molecule has 0 unspecified atom stereocenters. The molecule has 0 saturated heterocycles. The third-order valence-corrected chi connectivity index (χ3v) is 7.29. The second-order valence-electron chi connectivity index (χ2n) is 8.51. The van der Waals surface area contributed by atoms with Crippen molar-refractivity contribution in [1.29, 1.82) is 0 Å². The van der Waals surface area contributed by atoms with Crippen LogP contribution in [0.5, 0.6) is 0 Å². The average molecular weight is 502 g/mol. The maximum atomic E-state index is 14.8. The summed E-state index contributed by atoms with van der Waals surface area (Å²) in [4.78, 5) is 20.7. The van der Waals surface area contributed by atoms with Gasteiger partial charge in [-0.2, -0.15) is 0 Å². The summed E-state index contributed by atoms with van der Waals surface area (Å²) in [5, 5.41) is 6.70.